The summed E-state index contributed by atoms with van der Waals surface area (Å²) in [5.74, 6) is 0. The molecule has 0 atom stereocenters. The molecule has 0 spiro atoms. The maximum absolute atomic E-state index is 5.39. The quantitative estimate of drug-likeness (QED) is 0.596. The average molecular weight is 155 g/mol. The van der Waals surface area contributed by atoms with Crippen LogP contribution >= 0.6 is 0 Å². The minimum Gasteiger partial charge on any atom is -0.362 e. The summed E-state index contributed by atoms with van der Waals surface area (Å²) in [5.41, 5.74) is 5.39. The summed E-state index contributed by atoms with van der Waals surface area (Å²) in [4.78, 5) is 4.47. The van der Waals surface area contributed by atoms with Crippen molar-refractivity contribution in [1.29, 1.82) is 0 Å². The van der Waals surface area contributed by atoms with Crippen molar-refractivity contribution >= 4 is 0 Å². The summed E-state index contributed by atoms with van der Waals surface area (Å²) >= 11 is 0. The van der Waals surface area contributed by atoms with Gasteiger partial charge in [0, 0.05) is 26.0 Å². The lowest BCUT2D eigenvalue weighted by atomic mass is 10.3. The first-order valence-corrected chi connectivity index (χ1v) is 4.15. The predicted molar refractivity (Wildman–Crippen MR) is 46.8 cm³/mol. The highest BCUT2D eigenvalue weighted by Crippen LogP contribution is 2.04. The van der Waals surface area contributed by atoms with E-state index in [1.54, 1.807) is 0 Å². The van der Waals surface area contributed by atoms with Crippen LogP contribution in [0.15, 0.2) is 12.4 Å². The number of nitrogens with two attached hydrogens (primary N) is 1. The van der Waals surface area contributed by atoms with Crippen molar-refractivity contribution in [3.63, 3.8) is 0 Å². The van der Waals surface area contributed by atoms with Crippen molar-refractivity contribution in [3.8, 4) is 0 Å². The summed E-state index contributed by atoms with van der Waals surface area (Å²) in [6.07, 6.45) is 6.57. The molecule has 0 aliphatic carbocycles. The van der Waals surface area contributed by atoms with Crippen molar-refractivity contribution < 1.29 is 0 Å². The Kier molecular flexibility index (Phi) is 3.23. The molecule has 1 heterocycles. The molecule has 3 heteroatoms. The lowest BCUT2D eigenvalue weighted by Gasteiger charge is -2.17. The molecule has 0 aromatic rings. The Balaban J connectivity index is 2.05. The van der Waals surface area contributed by atoms with E-state index >= 15 is 0 Å². The molecule has 0 aromatic carbocycles. The van der Waals surface area contributed by atoms with E-state index in [-0.39, 0.29) is 0 Å². The second kappa shape index (κ2) is 4.23. The first-order chi connectivity index (χ1) is 5.33. The Morgan fingerprint density at radius 3 is 2.73 bits per heavy atom. The SMILES string of the molecule is CN1C=CN(CCCCN)C1. The van der Waals surface area contributed by atoms with Gasteiger partial charge in [-0.2, -0.15) is 0 Å². The monoisotopic (exact) mass is 155 g/mol. The standard InChI is InChI=1S/C8H17N3/c1-10-6-7-11(8-10)5-3-2-4-9/h6-7H,2-5,8-9H2,1H3. The second-order valence-corrected chi connectivity index (χ2v) is 3.00. The van der Waals surface area contributed by atoms with Crippen LogP contribution in [0, 0.1) is 0 Å². The second-order valence-electron chi connectivity index (χ2n) is 3.00. The molecular weight excluding hydrogens is 138 g/mol. The molecule has 0 bridgehead atoms. The van der Waals surface area contributed by atoms with E-state index < -0.39 is 0 Å². The van der Waals surface area contributed by atoms with Crippen LogP contribution in [0.4, 0.5) is 0 Å². The van der Waals surface area contributed by atoms with Crippen LogP contribution in [0.2, 0.25) is 0 Å². The molecule has 3 nitrogen and oxygen atoms in total. The van der Waals surface area contributed by atoms with Crippen LogP contribution in [0.1, 0.15) is 12.8 Å². The van der Waals surface area contributed by atoms with Crippen LogP contribution in [-0.4, -0.2) is 36.6 Å². The fourth-order valence-electron chi connectivity index (χ4n) is 1.19. The topological polar surface area (TPSA) is 32.5 Å². The molecular formula is C8H17N3. The maximum Gasteiger partial charge on any atom is 0.0890 e. The number of hydrogen-bond acceptors (Lipinski definition) is 3. The summed E-state index contributed by atoms with van der Waals surface area (Å²) in [6.45, 7) is 2.98. The molecule has 0 amide bonds. The Labute approximate surface area is 68.5 Å². The molecule has 64 valence electrons. The van der Waals surface area contributed by atoms with Crippen molar-refractivity contribution in [2.45, 2.75) is 12.8 Å². The van der Waals surface area contributed by atoms with Crippen LogP contribution in [0.25, 0.3) is 0 Å². The Bertz CT molecular complexity index is 133. The van der Waals surface area contributed by atoms with Gasteiger partial charge >= 0.3 is 0 Å². The van der Waals surface area contributed by atoms with Gasteiger partial charge in [0.05, 0.1) is 6.67 Å². The van der Waals surface area contributed by atoms with Crippen molar-refractivity contribution in [2.75, 3.05) is 26.8 Å². The van der Waals surface area contributed by atoms with E-state index in [4.69, 9.17) is 5.73 Å². The van der Waals surface area contributed by atoms with Gasteiger partial charge in [-0.15, -0.1) is 0 Å². The van der Waals surface area contributed by atoms with E-state index in [9.17, 15) is 0 Å². The Morgan fingerprint density at radius 1 is 1.36 bits per heavy atom. The molecule has 1 aliphatic rings. The van der Waals surface area contributed by atoms with Gasteiger partial charge in [-0.25, -0.2) is 0 Å². The first-order valence-electron chi connectivity index (χ1n) is 4.15. The predicted octanol–water partition coefficient (Wildman–Crippen LogP) is 0.401. The van der Waals surface area contributed by atoms with Gasteiger partial charge in [0.1, 0.15) is 0 Å². The molecule has 0 unspecified atom stereocenters. The van der Waals surface area contributed by atoms with Crippen LogP contribution in [0.3, 0.4) is 0 Å². The zero-order valence-electron chi connectivity index (χ0n) is 7.16. The number of nitrogens with zero attached hydrogens (tertiary/aromatic N) is 2. The lowest BCUT2D eigenvalue weighted by molar-refractivity contribution is 0.292. The maximum atomic E-state index is 5.39. The van der Waals surface area contributed by atoms with Gasteiger partial charge < -0.3 is 15.5 Å². The number of unbranched alkanes of at least 4 members (excludes halogenated alkanes) is 1. The van der Waals surface area contributed by atoms with E-state index in [2.05, 4.69) is 29.2 Å². The summed E-state index contributed by atoms with van der Waals surface area (Å²) in [5, 5.41) is 0. The van der Waals surface area contributed by atoms with Crippen molar-refractivity contribution in [1.82, 2.24) is 9.80 Å². The highest BCUT2D eigenvalue weighted by Gasteiger charge is 2.06. The van der Waals surface area contributed by atoms with Crippen LogP contribution in [0.5, 0.6) is 0 Å². The van der Waals surface area contributed by atoms with E-state index in [1.807, 2.05) is 0 Å². The zero-order chi connectivity index (χ0) is 8.10. The Morgan fingerprint density at radius 2 is 2.18 bits per heavy atom. The van der Waals surface area contributed by atoms with Crippen molar-refractivity contribution in [3.05, 3.63) is 12.4 Å². The van der Waals surface area contributed by atoms with Crippen LogP contribution in [-0.2, 0) is 0 Å². The molecule has 1 rings (SSSR count). The third-order valence-corrected chi connectivity index (χ3v) is 1.84. The number of hydrogen-bond donors (Lipinski definition) is 1. The highest BCUT2D eigenvalue weighted by molar-refractivity contribution is 4.88. The molecule has 0 saturated heterocycles. The molecule has 0 fully saturated rings. The summed E-state index contributed by atoms with van der Waals surface area (Å²) < 4.78 is 0. The third-order valence-electron chi connectivity index (χ3n) is 1.84. The molecule has 0 radical (unpaired) electrons. The van der Waals surface area contributed by atoms with Gasteiger partial charge in [0.2, 0.25) is 0 Å². The lowest BCUT2D eigenvalue weighted by Crippen LogP contribution is -2.23. The highest BCUT2D eigenvalue weighted by atomic mass is 15.3. The molecule has 11 heavy (non-hydrogen) atoms. The first kappa shape index (κ1) is 8.40. The fraction of sp³-hybridized carbons (Fsp3) is 0.750. The van der Waals surface area contributed by atoms with E-state index in [0.717, 1.165) is 26.2 Å². The van der Waals surface area contributed by atoms with Gasteiger partial charge in [-0.3, -0.25) is 0 Å². The van der Waals surface area contributed by atoms with E-state index in [0.29, 0.717) is 0 Å². The minimum absolute atomic E-state index is 0.813. The normalized spacial score (nSPS) is 16.5. The number of rotatable bonds is 4. The van der Waals surface area contributed by atoms with E-state index in [1.165, 1.54) is 6.42 Å². The smallest absolute Gasteiger partial charge is 0.0890 e. The van der Waals surface area contributed by atoms with Crippen LogP contribution < -0.4 is 5.73 Å². The summed E-state index contributed by atoms with van der Waals surface area (Å²) in [7, 11) is 2.08. The van der Waals surface area contributed by atoms with Crippen molar-refractivity contribution in [2.24, 2.45) is 5.73 Å². The zero-order valence-corrected chi connectivity index (χ0v) is 7.16. The average Bonchev–Trinajstić information content (AvgIpc) is 2.37. The van der Waals surface area contributed by atoms with Gasteiger partial charge in [-0.1, -0.05) is 0 Å². The minimum atomic E-state index is 0.813. The summed E-state index contributed by atoms with van der Waals surface area (Å²) in [6, 6.07) is 0. The third kappa shape index (κ3) is 2.80. The van der Waals surface area contributed by atoms with Gasteiger partial charge in [-0.05, 0) is 19.4 Å². The molecule has 1 aliphatic heterocycles. The fourth-order valence-corrected chi connectivity index (χ4v) is 1.19. The molecule has 2 N–H and O–H groups in total. The molecule has 0 aromatic heterocycles. The van der Waals surface area contributed by atoms with Gasteiger partial charge in [0.25, 0.3) is 0 Å². The molecule has 0 saturated carbocycles. The largest absolute Gasteiger partial charge is 0.362 e. The van der Waals surface area contributed by atoms with Gasteiger partial charge in [0.15, 0.2) is 0 Å². The Hall–Kier alpha value is -0.700.